The lowest BCUT2D eigenvalue weighted by Crippen LogP contribution is -2.57. The van der Waals surface area contributed by atoms with Gasteiger partial charge in [-0.3, -0.25) is 10.1 Å². The van der Waals surface area contributed by atoms with Gasteiger partial charge in [0, 0.05) is 28.0 Å². The first-order chi connectivity index (χ1) is 12.4. The molecule has 1 aliphatic rings. The zero-order chi connectivity index (χ0) is 18.5. The molecule has 5 nitrogen and oxygen atoms in total. The van der Waals surface area contributed by atoms with Gasteiger partial charge in [-0.1, -0.05) is 30.7 Å². The number of phenols is 1. The Bertz CT molecular complexity index is 1010. The molecule has 0 saturated carbocycles. The Labute approximate surface area is 155 Å². The number of nitrogens with one attached hydrogen (secondary N) is 2. The van der Waals surface area contributed by atoms with Crippen LogP contribution in [0.2, 0.25) is 5.02 Å². The average Bonchev–Trinajstić information content (AvgIpc) is 2.98. The lowest BCUT2D eigenvalue weighted by molar-refractivity contribution is -0.145. The average molecular weight is 371 g/mol. The molecule has 2 unspecified atom stereocenters. The van der Waals surface area contributed by atoms with E-state index >= 15 is 0 Å². The Hall–Kier alpha value is -2.50. The fourth-order valence-corrected chi connectivity index (χ4v) is 4.02. The number of phenolic OH excluding ortho intramolecular Hbond substituents is 1. The summed E-state index contributed by atoms with van der Waals surface area (Å²) >= 11 is 6.18. The van der Waals surface area contributed by atoms with Gasteiger partial charge in [0.15, 0.2) is 0 Å². The Balaban J connectivity index is 1.97. The third-order valence-corrected chi connectivity index (χ3v) is 5.54. The third kappa shape index (κ3) is 2.55. The molecule has 2 aromatic carbocycles. The van der Waals surface area contributed by atoms with Gasteiger partial charge in [0.25, 0.3) is 0 Å². The summed E-state index contributed by atoms with van der Waals surface area (Å²) in [5.41, 5.74) is 2.52. The minimum Gasteiger partial charge on any atom is -0.508 e. The summed E-state index contributed by atoms with van der Waals surface area (Å²) in [6, 6.07) is 12.1. The van der Waals surface area contributed by atoms with Crippen molar-refractivity contribution in [1.29, 1.82) is 0 Å². The number of aromatic nitrogens is 1. The number of fused-ring (bicyclic) bond motifs is 3. The van der Waals surface area contributed by atoms with Crippen molar-refractivity contribution in [2.24, 2.45) is 0 Å². The van der Waals surface area contributed by atoms with Crippen LogP contribution < -0.4 is 5.32 Å². The molecule has 6 heteroatoms. The summed E-state index contributed by atoms with van der Waals surface area (Å²) in [5, 5.41) is 24.7. The second-order valence-corrected chi connectivity index (χ2v) is 7.23. The van der Waals surface area contributed by atoms with Gasteiger partial charge < -0.3 is 15.2 Å². The van der Waals surface area contributed by atoms with Crippen molar-refractivity contribution >= 4 is 28.5 Å². The largest absolute Gasteiger partial charge is 0.508 e. The standard InChI is InChI=1S/C20H19ClN2O3/c1-2-20(19(25)26)10-15-14-9-12(21)6-7-16(14)22-18(15)17(23-20)11-4-3-5-13(24)8-11/h3-9,17,22-24H,2,10H2,1H3,(H,25,26). The van der Waals surface area contributed by atoms with Crippen molar-refractivity contribution in [3.8, 4) is 5.75 Å². The first-order valence-electron chi connectivity index (χ1n) is 8.53. The van der Waals surface area contributed by atoms with Crippen LogP contribution in [0.25, 0.3) is 10.9 Å². The molecule has 0 fully saturated rings. The maximum atomic E-state index is 12.1. The van der Waals surface area contributed by atoms with Crippen molar-refractivity contribution in [2.45, 2.75) is 31.3 Å². The third-order valence-electron chi connectivity index (χ3n) is 5.31. The summed E-state index contributed by atoms with van der Waals surface area (Å²) < 4.78 is 0. The minimum absolute atomic E-state index is 0.146. The lowest BCUT2D eigenvalue weighted by Gasteiger charge is -2.39. The first-order valence-corrected chi connectivity index (χ1v) is 8.91. The molecule has 0 saturated heterocycles. The number of hydrogen-bond acceptors (Lipinski definition) is 3. The second kappa shape index (κ2) is 6.04. The van der Waals surface area contributed by atoms with Crippen molar-refractivity contribution in [3.05, 3.63) is 64.3 Å². The van der Waals surface area contributed by atoms with Crippen LogP contribution in [-0.2, 0) is 11.2 Å². The van der Waals surface area contributed by atoms with Crippen molar-refractivity contribution < 1.29 is 15.0 Å². The zero-order valence-electron chi connectivity index (χ0n) is 14.2. The van der Waals surface area contributed by atoms with Gasteiger partial charge in [-0.25, -0.2) is 0 Å². The van der Waals surface area contributed by atoms with Gasteiger partial charge in [-0.2, -0.15) is 0 Å². The predicted molar refractivity (Wildman–Crippen MR) is 101 cm³/mol. The summed E-state index contributed by atoms with van der Waals surface area (Å²) in [5.74, 6) is -0.736. The Morgan fingerprint density at radius 3 is 2.81 bits per heavy atom. The van der Waals surface area contributed by atoms with Gasteiger partial charge >= 0.3 is 5.97 Å². The maximum Gasteiger partial charge on any atom is 0.324 e. The molecule has 0 aliphatic carbocycles. The summed E-state index contributed by atoms with van der Waals surface area (Å²) in [4.78, 5) is 15.6. The number of halogens is 1. The number of hydrogen-bond donors (Lipinski definition) is 4. The minimum atomic E-state index is -1.08. The molecule has 0 radical (unpaired) electrons. The number of carboxylic acid groups (broad SMARTS) is 1. The molecule has 0 bridgehead atoms. The molecule has 134 valence electrons. The van der Waals surface area contributed by atoms with Gasteiger partial charge in [-0.05, 0) is 47.9 Å². The highest BCUT2D eigenvalue weighted by Gasteiger charge is 2.45. The van der Waals surface area contributed by atoms with Gasteiger partial charge in [0.2, 0.25) is 0 Å². The molecule has 2 atom stereocenters. The molecule has 0 amide bonds. The van der Waals surface area contributed by atoms with Crippen molar-refractivity contribution in [3.63, 3.8) is 0 Å². The number of benzene rings is 2. The monoisotopic (exact) mass is 370 g/mol. The molecule has 0 spiro atoms. The Kier molecular flexibility index (Phi) is 3.93. The molecular weight excluding hydrogens is 352 g/mol. The van der Waals surface area contributed by atoms with Crippen molar-refractivity contribution in [1.82, 2.24) is 10.3 Å². The number of aliphatic carboxylic acids is 1. The summed E-state index contributed by atoms with van der Waals surface area (Å²) in [6.45, 7) is 1.87. The van der Waals surface area contributed by atoms with Crippen LogP contribution in [-0.4, -0.2) is 26.7 Å². The van der Waals surface area contributed by atoms with E-state index in [4.69, 9.17) is 11.6 Å². The molecule has 4 N–H and O–H groups in total. The molecule has 2 heterocycles. The van der Waals surface area contributed by atoms with Gasteiger partial charge in [-0.15, -0.1) is 0 Å². The van der Waals surface area contributed by atoms with Crippen LogP contribution >= 0.6 is 11.6 Å². The lowest BCUT2D eigenvalue weighted by atomic mass is 9.80. The summed E-state index contributed by atoms with van der Waals surface area (Å²) in [6.07, 6.45) is 0.800. The summed E-state index contributed by atoms with van der Waals surface area (Å²) in [7, 11) is 0. The first kappa shape index (κ1) is 16.9. The smallest absolute Gasteiger partial charge is 0.324 e. The number of aromatic amines is 1. The van der Waals surface area contributed by atoms with Crippen LogP contribution in [0, 0.1) is 0 Å². The molecule has 4 rings (SSSR count). The predicted octanol–water partition coefficient (Wildman–Crippen LogP) is 4.00. The fourth-order valence-electron chi connectivity index (χ4n) is 3.85. The number of carboxylic acids is 1. The van der Waals surface area contributed by atoms with E-state index in [9.17, 15) is 15.0 Å². The number of H-pyrrole nitrogens is 1. The van der Waals surface area contributed by atoms with E-state index in [0.717, 1.165) is 27.7 Å². The SMILES string of the molecule is CCC1(C(=O)O)Cc2c([nH]c3ccc(Cl)cc23)C(c2cccc(O)c2)N1. The quantitative estimate of drug-likeness (QED) is 0.561. The topological polar surface area (TPSA) is 85.3 Å². The molecule has 1 aliphatic heterocycles. The highest BCUT2D eigenvalue weighted by molar-refractivity contribution is 6.31. The van der Waals surface area contributed by atoms with Crippen LogP contribution in [0.1, 0.15) is 36.2 Å². The molecule has 1 aromatic heterocycles. The van der Waals surface area contributed by atoms with E-state index in [1.165, 1.54) is 0 Å². The Morgan fingerprint density at radius 2 is 2.12 bits per heavy atom. The number of carbonyl (C=O) groups is 1. The molecule has 26 heavy (non-hydrogen) atoms. The zero-order valence-corrected chi connectivity index (χ0v) is 15.0. The van der Waals surface area contributed by atoms with Crippen LogP contribution in [0.4, 0.5) is 0 Å². The van der Waals surface area contributed by atoms with Gasteiger partial charge in [0.1, 0.15) is 11.3 Å². The van der Waals surface area contributed by atoms with E-state index in [0.29, 0.717) is 17.9 Å². The highest BCUT2D eigenvalue weighted by atomic mass is 35.5. The van der Waals surface area contributed by atoms with Crippen LogP contribution in [0.3, 0.4) is 0 Å². The second-order valence-electron chi connectivity index (χ2n) is 6.80. The highest BCUT2D eigenvalue weighted by Crippen LogP contribution is 2.40. The van der Waals surface area contributed by atoms with E-state index in [1.54, 1.807) is 18.2 Å². The van der Waals surface area contributed by atoms with Crippen molar-refractivity contribution in [2.75, 3.05) is 0 Å². The fraction of sp³-hybridized carbons (Fsp3) is 0.250. The van der Waals surface area contributed by atoms with Crippen LogP contribution in [0.5, 0.6) is 5.75 Å². The normalized spacial score (nSPS) is 22.3. The van der Waals surface area contributed by atoms with Gasteiger partial charge in [0.05, 0.1) is 6.04 Å². The van der Waals surface area contributed by atoms with E-state index in [-0.39, 0.29) is 11.8 Å². The maximum absolute atomic E-state index is 12.1. The molecular formula is C20H19ClN2O3. The van der Waals surface area contributed by atoms with E-state index in [1.807, 2.05) is 31.2 Å². The van der Waals surface area contributed by atoms with E-state index < -0.39 is 11.5 Å². The Morgan fingerprint density at radius 1 is 1.31 bits per heavy atom. The van der Waals surface area contributed by atoms with E-state index in [2.05, 4.69) is 10.3 Å². The van der Waals surface area contributed by atoms with Crippen LogP contribution in [0.15, 0.2) is 42.5 Å². The molecule has 3 aromatic rings. The number of aromatic hydroxyl groups is 1. The number of rotatable bonds is 3.